The van der Waals surface area contributed by atoms with Gasteiger partial charge in [-0.25, -0.2) is 4.90 Å². The zero-order chi connectivity index (χ0) is 17.3. The number of rotatable bonds is 3. The molecule has 1 fully saturated rings. The minimum absolute atomic E-state index is 0.319. The highest BCUT2D eigenvalue weighted by molar-refractivity contribution is 8.19. The summed E-state index contributed by atoms with van der Waals surface area (Å²) in [5, 5.41) is 0.628. The Bertz CT molecular complexity index is 847. The van der Waals surface area contributed by atoms with Crippen molar-refractivity contribution in [2.24, 2.45) is 0 Å². The van der Waals surface area contributed by atoms with Crippen LogP contribution in [0.1, 0.15) is 18.1 Å². The van der Waals surface area contributed by atoms with Gasteiger partial charge in [0.2, 0.25) is 0 Å². The van der Waals surface area contributed by atoms with Gasteiger partial charge in [0.25, 0.3) is 11.1 Å². The maximum Gasteiger partial charge on any atom is 0.298 e. The Labute approximate surface area is 154 Å². The monoisotopic (exact) mass is 377 g/mol. The van der Waals surface area contributed by atoms with Crippen molar-refractivity contribution < 1.29 is 9.59 Å². The molecule has 3 rings (SSSR count). The summed E-state index contributed by atoms with van der Waals surface area (Å²) in [5.74, 6) is -0.347. The molecule has 0 radical (unpaired) electrons. The lowest BCUT2D eigenvalue weighted by atomic mass is 10.1. The van der Waals surface area contributed by atoms with E-state index in [9.17, 15) is 9.59 Å². The Kier molecular flexibility index (Phi) is 4.99. The molecule has 1 saturated heterocycles. The summed E-state index contributed by atoms with van der Waals surface area (Å²) in [4.78, 5) is 26.4. The van der Waals surface area contributed by atoms with Crippen LogP contribution in [0.5, 0.6) is 0 Å². The Morgan fingerprint density at radius 1 is 1.08 bits per heavy atom. The Morgan fingerprint density at radius 2 is 1.79 bits per heavy atom. The van der Waals surface area contributed by atoms with Gasteiger partial charge in [-0.1, -0.05) is 48.3 Å². The molecule has 0 aromatic heterocycles. The van der Waals surface area contributed by atoms with Crippen LogP contribution in [-0.2, 0) is 11.2 Å². The fourth-order valence-electron chi connectivity index (χ4n) is 2.33. The predicted octanol–water partition coefficient (Wildman–Crippen LogP) is 5.80. The number of thioether (sulfide) groups is 1. The number of aryl methyl sites for hydroxylation is 1. The number of anilines is 1. The van der Waals surface area contributed by atoms with Gasteiger partial charge < -0.3 is 0 Å². The van der Waals surface area contributed by atoms with Crippen LogP contribution in [0.25, 0.3) is 6.08 Å². The van der Waals surface area contributed by atoms with Crippen LogP contribution in [-0.4, -0.2) is 11.1 Å². The van der Waals surface area contributed by atoms with E-state index < -0.39 is 0 Å². The van der Waals surface area contributed by atoms with Gasteiger partial charge in [0.1, 0.15) is 0 Å². The first-order chi connectivity index (χ1) is 11.5. The molecule has 1 aliphatic heterocycles. The fraction of sp³-hybridized carbons (Fsp3) is 0.111. The number of amides is 2. The zero-order valence-corrected chi connectivity index (χ0v) is 15.1. The van der Waals surface area contributed by atoms with Gasteiger partial charge in [-0.3, -0.25) is 9.59 Å². The number of nitrogens with zero attached hydrogens (tertiary/aromatic N) is 1. The van der Waals surface area contributed by atoms with Crippen molar-refractivity contribution in [2.75, 3.05) is 4.90 Å². The van der Waals surface area contributed by atoms with E-state index in [4.69, 9.17) is 23.2 Å². The first-order valence-electron chi connectivity index (χ1n) is 7.31. The number of hydrogen-bond donors (Lipinski definition) is 0. The molecule has 0 aliphatic carbocycles. The summed E-state index contributed by atoms with van der Waals surface area (Å²) in [5.41, 5.74) is 2.36. The Balaban J connectivity index is 1.92. The topological polar surface area (TPSA) is 37.4 Å². The molecule has 2 amide bonds. The molecule has 0 unspecified atom stereocenters. The SMILES string of the molecule is CCc1ccc(N2C(=O)S/C(=C\c3ccc(Cl)cc3Cl)C2=O)cc1. The minimum atomic E-state index is -0.347. The molecule has 0 N–H and O–H groups in total. The van der Waals surface area contributed by atoms with E-state index in [0.717, 1.165) is 23.7 Å². The quantitative estimate of drug-likeness (QED) is 0.634. The highest BCUT2D eigenvalue weighted by atomic mass is 35.5. The second-order valence-corrected chi connectivity index (χ2v) is 7.04. The van der Waals surface area contributed by atoms with Crippen LogP contribution in [0, 0.1) is 0 Å². The van der Waals surface area contributed by atoms with Crippen molar-refractivity contribution in [2.45, 2.75) is 13.3 Å². The molecule has 3 nitrogen and oxygen atoms in total. The highest BCUT2D eigenvalue weighted by Crippen LogP contribution is 2.36. The molecule has 0 saturated carbocycles. The van der Waals surface area contributed by atoms with Crippen LogP contribution < -0.4 is 4.90 Å². The normalized spacial score (nSPS) is 16.3. The molecule has 6 heteroatoms. The first kappa shape index (κ1) is 17.1. The van der Waals surface area contributed by atoms with Crippen LogP contribution >= 0.6 is 35.0 Å². The molecule has 1 heterocycles. The van der Waals surface area contributed by atoms with Gasteiger partial charge in [0, 0.05) is 10.0 Å². The third kappa shape index (κ3) is 3.36. The molecule has 122 valence electrons. The van der Waals surface area contributed by atoms with E-state index in [2.05, 4.69) is 0 Å². The lowest BCUT2D eigenvalue weighted by Crippen LogP contribution is -2.27. The third-order valence-electron chi connectivity index (χ3n) is 3.65. The minimum Gasteiger partial charge on any atom is -0.268 e. The smallest absolute Gasteiger partial charge is 0.268 e. The van der Waals surface area contributed by atoms with Gasteiger partial charge >= 0.3 is 0 Å². The van der Waals surface area contributed by atoms with E-state index in [1.807, 2.05) is 19.1 Å². The van der Waals surface area contributed by atoms with Crippen molar-refractivity contribution in [1.82, 2.24) is 0 Å². The van der Waals surface area contributed by atoms with Gasteiger partial charge in [-0.2, -0.15) is 0 Å². The second kappa shape index (κ2) is 7.01. The summed E-state index contributed by atoms with van der Waals surface area (Å²) in [6.07, 6.45) is 2.51. The molecular weight excluding hydrogens is 365 g/mol. The fourth-order valence-corrected chi connectivity index (χ4v) is 3.63. The molecular formula is C18H13Cl2NO2S. The standard InChI is InChI=1S/C18H13Cl2NO2S/c1-2-11-3-7-14(8-4-11)21-17(22)16(24-18(21)23)9-12-5-6-13(19)10-15(12)20/h3-10H,2H2,1H3/b16-9-. The Hall–Kier alpha value is -1.75. The summed E-state index contributed by atoms with van der Waals surface area (Å²) < 4.78 is 0. The number of hydrogen-bond acceptors (Lipinski definition) is 3. The molecule has 1 aliphatic rings. The van der Waals surface area contributed by atoms with E-state index in [0.29, 0.717) is 26.2 Å². The van der Waals surface area contributed by atoms with Crippen LogP contribution in [0.15, 0.2) is 47.4 Å². The van der Waals surface area contributed by atoms with Crippen molar-refractivity contribution >= 4 is 57.9 Å². The van der Waals surface area contributed by atoms with Crippen molar-refractivity contribution in [3.8, 4) is 0 Å². The largest absolute Gasteiger partial charge is 0.298 e. The second-order valence-electron chi connectivity index (χ2n) is 5.20. The highest BCUT2D eigenvalue weighted by Gasteiger charge is 2.36. The molecule has 0 spiro atoms. The van der Waals surface area contributed by atoms with Gasteiger partial charge in [0.15, 0.2) is 0 Å². The van der Waals surface area contributed by atoms with Crippen LogP contribution in [0.3, 0.4) is 0 Å². The van der Waals surface area contributed by atoms with E-state index >= 15 is 0 Å². The van der Waals surface area contributed by atoms with E-state index in [-0.39, 0.29) is 11.1 Å². The summed E-state index contributed by atoms with van der Waals surface area (Å²) in [6, 6.07) is 12.4. The molecule has 0 atom stereocenters. The number of benzene rings is 2. The van der Waals surface area contributed by atoms with Crippen molar-refractivity contribution in [3.05, 3.63) is 68.5 Å². The molecule has 0 bridgehead atoms. The van der Waals surface area contributed by atoms with Crippen LogP contribution in [0.2, 0.25) is 10.0 Å². The van der Waals surface area contributed by atoms with E-state index in [1.54, 1.807) is 36.4 Å². The van der Waals surface area contributed by atoms with Crippen molar-refractivity contribution in [1.29, 1.82) is 0 Å². The van der Waals surface area contributed by atoms with Crippen LogP contribution in [0.4, 0.5) is 10.5 Å². The van der Waals surface area contributed by atoms with Crippen molar-refractivity contribution in [3.63, 3.8) is 0 Å². The lowest BCUT2D eigenvalue weighted by Gasteiger charge is -2.12. The number of carbonyl (C=O) groups is 2. The maximum atomic E-state index is 12.6. The number of carbonyl (C=O) groups excluding carboxylic acids is 2. The summed E-state index contributed by atoms with van der Waals surface area (Å²) >= 11 is 12.9. The number of imide groups is 1. The zero-order valence-electron chi connectivity index (χ0n) is 12.8. The molecule has 2 aromatic rings. The van der Waals surface area contributed by atoms with Gasteiger partial charge in [0.05, 0.1) is 10.6 Å². The molecule has 2 aromatic carbocycles. The predicted molar refractivity (Wildman–Crippen MR) is 101 cm³/mol. The van der Waals surface area contributed by atoms with Gasteiger partial charge in [-0.15, -0.1) is 0 Å². The Morgan fingerprint density at radius 3 is 2.42 bits per heavy atom. The average molecular weight is 378 g/mol. The lowest BCUT2D eigenvalue weighted by molar-refractivity contribution is -0.113. The molecule has 24 heavy (non-hydrogen) atoms. The number of halogens is 2. The third-order valence-corrected chi connectivity index (χ3v) is 5.08. The average Bonchev–Trinajstić information content (AvgIpc) is 2.84. The van der Waals surface area contributed by atoms with Gasteiger partial charge in [-0.05, 0) is 59.7 Å². The first-order valence-corrected chi connectivity index (χ1v) is 8.89. The maximum absolute atomic E-state index is 12.6. The summed E-state index contributed by atoms with van der Waals surface area (Å²) in [7, 11) is 0. The summed E-state index contributed by atoms with van der Waals surface area (Å²) in [6.45, 7) is 2.05. The van der Waals surface area contributed by atoms with E-state index in [1.165, 1.54) is 4.90 Å².